The summed E-state index contributed by atoms with van der Waals surface area (Å²) in [7, 11) is 0. The number of para-hydroxylation sites is 1. The van der Waals surface area contributed by atoms with Crippen LogP contribution in [-0.2, 0) is 9.59 Å². The van der Waals surface area contributed by atoms with Crippen molar-refractivity contribution in [3.05, 3.63) is 93.3 Å². The maximum absolute atomic E-state index is 13.4. The maximum atomic E-state index is 13.4. The van der Waals surface area contributed by atoms with Crippen LogP contribution in [0.15, 0.2) is 82.6 Å². The number of amides is 2. The van der Waals surface area contributed by atoms with Crippen LogP contribution in [0.25, 0.3) is 6.08 Å². The number of anilines is 2. The van der Waals surface area contributed by atoms with E-state index in [0.717, 1.165) is 66.0 Å². The van der Waals surface area contributed by atoms with Crippen molar-refractivity contribution in [1.29, 1.82) is 0 Å². The second-order valence-corrected chi connectivity index (χ2v) is 11.5. The van der Waals surface area contributed by atoms with E-state index in [0.29, 0.717) is 16.5 Å². The first-order valence-electron chi connectivity index (χ1n) is 13.0. The number of hydrogen-bond donors (Lipinski definition) is 1. The first-order valence-corrected chi connectivity index (χ1v) is 14.6. The van der Waals surface area contributed by atoms with Crippen LogP contribution in [0.4, 0.5) is 11.4 Å². The van der Waals surface area contributed by atoms with Gasteiger partial charge in [0.2, 0.25) is 5.91 Å². The van der Waals surface area contributed by atoms with Gasteiger partial charge in [-0.15, -0.1) is 0 Å². The van der Waals surface area contributed by atoms with Gasteiger partial charge in [0.25, 0.3) is 5.91 Å². The smallest absolute Gasteiger partial charge is 0.265 e. The van der Waals surface area contributed by atoms with Crippen molar-refractivity contribution in [2.75, 3.05) is 55.6 Å². The van der Waals surface area contributed by atoms with E-state index in [2.05, 4.69) is 21.2 Å². The van der Waals surface area contributed by atoms with E-state index in [1.807, 2.05) is 66.7 Å². The Morgan fingerprint density at radius 1 is 0.923 bits per heavy atom. The number of fused-ring (bicyclic) bond motifs is 1. The normalized spacial score (nSPS) is 16.9. The van der Waals surface area contributed by atoms with Crippen LogP contribution in [0.5, 0.6) is 0 Å². The van der Waals surface area contributed by atoms with Gasteiger partial charge in [0.15, 0.2) is 0 Å². The number of hydrogen-bond acceptors (Lipinski definition) is 5. The highest BCUT2D eigenvalue weighted by Crippen LogP contribution is 2.42. The molecule has 6 nitrogen and oxygen atoms in total. The van der Waals surface area contributed by atoms with E-state index in [9.17, 15) is 9.59 Å². The molecule has 9 heteroatoms. The SMILES string of the molecule is O=C(CN1C(=O)C(=Cc2cccc(Cl)c2)Sc2ccccc21)NCCCN1CCN(c2cccc(Cl)c2)CC1. The lowest BCUT2D eigenvalue weighted by Gasteiger charge is -2.36. The molecule has 1 fully saturated rings. The first-order chi connectivity index (χ1) is 19.0. The van der Waals surface area contributed by atoms with Gasteiger partial charge in [-0.2, -0.15) is 0 Å². The predicted molar refractivity (Wildman–Crippen MR) is 162 cm³/mol. The highest BCUT2D eigenvalue weighted by atomic mass is 35.5. The Balaban J connectivity index is 1.12. The number of carbonyl (C=O) groups excluding carboxylic acids is 2. The molecule has 3 aromatic rings. The van der Waals surface area contributed by atoms with Crippen molar-refractivity contribution < 1.29 is 9.59 Å². The fourth-order valence-corrected chi connectivity index (χ4v) is 6.24. The van der Waals surface area contributed by atoms with Crippen molar-refractivity contribution in [3.8, 4) is 0 Å². The Morgan fingerprint density at radius 2 is 1.67 bits per heavy atom. The molecule has 0 spiro atoms. The van der Waals surface area contributed by atoms with Gasteiger partial charge < -0.3 is 10.2 Å². The third kappa shape index (κ3) is 7.17. The number of benzene rings is 3. The fraction of sp³-hybridized carbons (Fsp3) is 0.267. The van der Waals surface area contributed by atoms with Crippen LogP contribution in [0.1, 0.15) is 12.0 Å². The van der Waals surface area contributed by atoms with Crippen LogP contribution in [0, 0.1) is 0 Å². The number of piperazine rings is 1. The summed E-state index contributed by atoms with van der Waals surface area (Å²) in [6.45, 7) is 5.30. The van der Waals surface area contributed by atoms with E-state index in [1.165, 1.54) is 11.8 Å². The van der Waals surface area contributed by atoms with Gasteiger partial charge in [-0.3, -0.25) is 19.4 Å². The quantitative estimate of drug-likeness (QED) is 0.269. The summed E-state index contributed by atoms with van der Waals surface area (Å²) in [6, 6.07) is 23.0. The predicted octanol–water partition coefficient (Wildman–Crippen LogP) is 5.80. The molecular formula is C30H30Cl2N4O2S. The molecule has 2 aliphatic rings. The first kappa shape index (κ1) is 27.6. The summed E-state index contributed by atoms with van der Waals surface area (Å²) in [5.41, 5.74) is 2.76. The zero-order chi connectivity index (χ0) is 27.2. The number of rotatable bonds is 8. The number of thioether (sulfide) groups is 1. The molecule has 0 aliphatic carbocycles. The fourth-order valence-electron chi connectivity index (χ4n) is 4.80. The molecular weight excluding hydrogens is 551 g/mol. The molecule has 1 saturated heterocycles. The molecule has 0 aromatic heterocycles. The van der Waals surface area contributed by atoms with Crippen molar-refractivity contribution in [2.45, 2.75) is 11.3 Å². The summed E-state index contributed by atoms with van der Waals surface area (Å²) in [5, 5.41) is 4.37. The standard InChI is InChI=1S/C30H30Cl2N4O2S/c31-23-7-3-6-22(18-23)19-28-30(38)36(26-10-1-2-11-27(26)39-28)21-29(37)33-12-5-13-34-14-16-35(17-15-34)25-9-4-8-24(32)20-25/h1-4,6-11,18-20H,5,12-17,21H2,(H,33,37). The van der Waals surface area contributed by atoms with E-state index in [4.69, 9.17) is 23.2 Å². The van der Waals surface area contributed by atoms with E-state index in [-0.39, 0.29) is 18.4 Å². The molecule has 0 saturated carbocycles. The third-order valence-electron chi connectivity index (χ3n) is 6.80. The lowest BCUT2D eigenvalue weighted by molar-refractivity contribution is -0.122. The molecule has 0 radical (unpaired) electrons. The largest absolute Gasteiger partial charge is 0.369 e. The molecule has 2 amide bonds. The summed E-state index contributed by atoms with van der Waals surface area (Å²) in [6.07, 6.45) is 2.68. The molecule has 5 rings (SSSR count). The van der Waals surface area contributed by atoms with Crippen LogP contribution >= 0.6 is 35.0 Å². The van der Waals surface area contributed by atoms with Gasteiger partial charge in [-0.05, 0) is 67.1 Å². The van der Waals surface area contributed by atoms with Crippen molar-refractivity contribution in [2.24, 2.45) is 0 Å². The van der Waals surface area contributed by atoms with Gasteiger partial charge in [-0.25, -0.2) is 0 Å². The van der Waals surface area contributed by atoms with Crippen molar-refractivity contribution in [1.82, 2.24) is 10.2 Å². The highest BCUT2D eigenvalue weighted by Gasteiger charge is 2.30. The third-order valence-corrected chi connectivity index (χ3v) is 8.35. The minimum absolute atomic E-state index is 0.0262. The monoisotopic (exact) mass is 580 g/mol. The summed E-state index contributed by atoms with van der Waals surface area (Å²) < 4.78 is 0. The summed E-state index contributed by atoms with van der Waals surface area (Å²) in [4.78, 5) is 34.1. The lowest BCUT2D eigenvalue weighted by Crippen LogP contribution is -2.47. The Hall–Kier alpha value is -2.97. The average Bonchev–Trinajstić information content (AvgIpc) is 2.94. The highest BCUT2D eigenvalue weighted by molar-refractivity contribution is 8.04. The maximum Gasteiger partial charge on any atom is 0.265 e. The second kappa shape index (κ2) is 12.9. The van der Waals surface area contributed by atoms with Gasteiger partial charge >= 0.3 is 0 Å². The van der Waals surface area contributed by atoms with Crippen molar-refractivity contribution in [3.63, 3.8) is 0 Å². The molecule has 39 heavy (non-hydrogen) atoms. The lowest BCUT2D eigenvalue weighted by atomic mass is 10.2. The minimum atomic E-state index is -0.189. The van der Waals surface area contributed by atoms with Crippen LogP contribution in [0.3, 0.4) is 0 Å². The molecule has 3 aromatic carbocycles. The van der Waals surface area contributed by atoms with E-state index in [1.54, 1.807) is 11.0 Å². The molecule has 2 heterocycles. The topological polar surface area (TPSA) is 55.9 Å². The van der Waals surface area contributed by atoms with Crippen LogP contribution in [-0.4, -0.2) is 62.5 Å². The average molecular weight is 582 g/mol. The van der Waals surface area contributed by atoms with Gasteiger partial charge in [0, 0.05) is 53.4 Å². The number of carbonyl (C=O) groups is 2. The minimum Gasteiger partial charge on any atom is -0.369 e. The Labute approximate surface area is 243 Å². The molecule has 0 unspecified atom stereocenters. The summed E-state index contributed by atoms with van der Waals surface area (Å²) >= 11 is 13.7. The van der Waals surface area contributed by atoms with Crippen LogP contribution in [0.2, 0.25) is 10.0 Å². The Morgan fingerprint density at radius 3 is 2.44 bits per heavy atom. The van der Waals surface area contributed by atoms with Crippen LogP contribution < -0.4 is 15.1 Å². The molecule has 0 bridgehead atoms. The molecule has 2 aliphatic heterocycles. The van der Waals surface area contributed by atoms with Crippen molar-refractivity contribution >= 4 is 64.2 Å². The van der Waals surface area contributed by atoms with Gasteiger partial charge in [0.1, 0.15) is 6.54 Å². The van der Waals surface area contributed by atoms with E-state index < -0.39 is 0 Å². The zero-order valence-corrected chi connectivity index (χ0v) is 23.8. The van der Waals surface area contributed by atoms with Gasteiger partial charge in [0.05, 0.1) is 10.6 Å². The molecule has 202 valence electrons. The Bertz CT molecular complexity index is 1370. The summed E-state index contributed by atoms with van der Waals surface area (Å²) in [5.74, 6) is -0.357. The number of halogens is 2. The second-order valence-electron chi connectivity index (χ2n) is 9.54. The number of nitrogens with zero attached hydrogens (tertiary/aromatic N) is 3. The zero-order valence-electron chi connectivity index (χ0n) is 21.5. The molecule has 1 N–H and O–H groups in total. The molecule has 0 atom stereocenters. The number of nitrogens with one attached hydrogen (secondary N) is 1. The van der Waals surface area contributed by atoms with E-state index >= 15 is 0 Å². The Kier molecular flexibility index (Phi) is 9.14. The van der Waals surface area contributed by atoms with Gasteiger partial charge in [-0.1, -0.05) is 65.3 Å².